The fourth-order valence-electron chi connectivity index (χ4n) is 4.58. The van der Waals surface area contributed by atoms with E-state index < -0.39 is 0 Å². The maximum absolute atomic E-state index is 12.5. The molecule has 0 unspecified atom stereocenters. The zero-order chi connectivity index (χ0) is 18.5. The first-order valence-electron chi connectivity index (χ1n) is 10.2. The summed E-state index contributed by atoms with van der Waals surface area (Å²) >= 11 is 0. The highest BCUT2D eigenvalue weighted by Crippen LogP contribution is 2.33. The number of hydrogen-bond donors (Lipinski definition) is 2. The highest BCUT2D eigenvalue weighted by Gasteiger charge is 2.38. The number of urea groups is 1. The van der Waals surface area contributed by atoms with Crippen molar-refractivity contribution in [1.29, 1.82) is 0 Å². The zero-order valence-corrected chi connectivity index (χ0v) is 16.0. The fourth-order valence-corrected chi connectivity index (χ4v) is 4.58. The minimum Gasteiger partial charge on any atom is -0.379 e. The van der Waals surface area contributed by atoms with E-state index >= 15 is 0 Å². The molecule has 2 N–H and O–H groups in total. The van der Waals surface area contributed by atoms with Crippen molar-refractivity contribution in [1.82, 2.24) is 15.2 Å². The van der Waals surface area contributed by atoms with Gasteiger partial charge in [0.25, 0.3) is 0 Å². The van der Waals surface area contributed by atoms with Gasteiger partial charge in [0.2, 0.25) is 0 Å². The topological polar surface area (TPSA) is 75.7 Å². The maximum atomic E-state index is 12.5. The molecule has 2 amide bonds. The van der Waals surface area contributed by atoms with Crippen LogP contribution < -0.4 is 10.6 Å². The van der Waals surface area contributed by atoms with Crippen LogP contribution in [0.1, 0.15) is 43.4 Å². The van der Waals surface area contributed by atoms with Crippen LogP contribution in [0.2, 0.25) is 0 Å². The molecule has 0 bridgehead atoms. The number of ether oxygens (including phenoxy) is 2. The quantitative estimate of drug-likeness (QED) is 0.846. The minimum atomic E-state index is -0.160. The fraction of sp³-hybridized carbons (Fsp3) is 0.700. The van der Waals surface area contributed by atoms with Gasteiger partial charge < -0.3 is 20.1 Å². The van der Waals surface area contributed by atoms with E-state index in [9.17, 15) is 4.79 Å². The van der Waals surface area contributed by atoms with Crippen molar-refractivity contribution in [2.24, 2.45) is 0 Å². The Bertz CT molecular complexity index is 655. The summed E-state index contributed by atoms with van der Waals surface area (Å²) in [6, 6.07) is 1.81. The normalized spacial score (nSPS) is 22.7. The Balaban J connectivity index is 1.36. The van der Waals surface area contributed by atoms with Crippen LogP contribution in [-0.2, 0) is 22.5 Å². The second-order valence-corrected chi connectivity index (χ2v) is 7.82. The highest BCUT2D eigenvalue weighted by molar-refractivity contribution is 5.89. The van der Waals surface area contributed by atoms with Gasteiger partial charge in [0.15, 0.2) is 0 Å². The molecule has 27 heavy (non-hydrogen) atoms. The van der Waals surface area contributed by atoms with E-state index in [1.165, 1.54) is 19.3 Å². The number of rotatable bonds is 4. The van der Waals surface area contributed by atoms with Crippen LogP contribution in [0.3, 0.4) is 0 Å². The van der Waals surface area contributed by atoms with Crippen LogP contribution in [0.5, 0.6) is 0 Å². The number of hydrogen-bond acceptors (Lipinski definition) is 5. The van der Waals surface area contributed by atoms with Gasteiger partial charge in [0.1, 0.15) is 0 Å². The van der Waals surface area contributed by atoms with Crippen molar-refractivity contribution in [3.63, 3.8) is 0 Å². The monoisotopic (exact) mass is 374 g/mol. The summed E-state index contributed by atoms with van der Waals surface area (Å²) in [6.07, 6.45) is 8.62. The van der Waals surface area contributed by atoms with E-state index in [0.29, 0.717) is 13.2 Å². The van der Waals surface area contributed by atoms with Crippen LogP contribution >= 0.6 is 0 Å². The lowest BCUT2D eigenvalue weighted by Crippen LogP contribution is -2.60. The molecule has 1 saturated heterocycles. The van der Waals surface area contributed by atoms with E-state index in [1.54, 1.807) is 6.20 Å². The van der Waals surface area contributed by atoms with Crippen LogP contribution in [0.25, 0.3) is 0 Å². The van der Waals surface area contributed by atoms with E-state index in [4.69, 9.17) is 9.47 Å². The average Bonchev–Trinajstić information content (AvgIpc) is 2.73. The lowest BCUT2D eigenvalue weighted by atomic mass is 9.80. The van der Waals surface area contributed by atoms with Crippen LogP contribution in [-0.4, -0.2) is 60.9 Å². The molecule has 7 heteroatoms. The summed E-state index contributed by atoms with van der Waals surface area (Å²) in [6.45, 7) is 5.46. The highest BCUT2D eigenvalue weighted by atomic mass is 16.5. The van der Waals surface area contributed by atoms with Gasteiger partial charge in [-0.2, -0.15) is 0 Å². The predicted molar refractivity (Wildman–Crippen MR) is 103 cm³/mol. The third kappa shape index (κ3) is 4.42. The molecule has 4 rings (SSSR count). The molecule has 2 aliphatic heterocycles. The van der Waals surface area contributed by atoms with E-state index in [-0.39, 0.29) is 11.6 Å². The largest absolute Gasteiger partial charge is 0.379 e. The molecule has 7 nitrogen and oxygen atoms in total. The molecule has 1 aliphatic carbocycles. The second-order valence-electron chi connectivity index (χ2n) is 7.82. The van der Waals surface area contributed by atoms with Gasteiger partial charge in [-0.25, -0.2) is 4.79 Å². The molecule has 1 aromatic rings. The molecular formula is C20H30N4O3. The van der Waals surface area contributed by atoms with E-state index in [1.807, 2.05) is 6.07 Å². The first-order chi connectivity index (χ1) is 13.3. The SMILES string of the molecule is O=C(NCC1(N2CCOCC2)CCCCC1)Nc1cnc2c(c1)COCC2. The molecule has 2 fully saturated rings. The molecule has 1 saturated carbocycles. The maximum Gasteiger partial charge on any atom is 0.319 e. The van der Waals surface area contributed by atoms with Crippen molar-refractivity contribution < 1.29 is 14.3 Å². The number of nitrogens with zero attached hydrogens (tertiary/aromatic N) is 2. The Labute approximate surface area is 160 Å². The third-order valence-electron chi connectivity index (χ3n) is 6.10. The number of fused-ring (bicyclic) bond motifs is 1. The average molecular weight is 374 g/mol. The van der Waals surface area contributed by atoms with Gasteiger partial charge in [0, 0.05) is 42.9 Å². The Kier molecular flexibility index (Phi) is 5.90. The number of aromatic nitrogens is 1. The molecule has 1 aromatic heterocycles. The molecular weight excluding hydrogens is 344 g/mol. The van der Waals surface area contributed by atoms with Gasteiger partial charge in [-0.3, -0.25) is 9.88 Å². The summed E-state index contributed by atoms with van der Waals surface area (Å²) in [5.74, 6) is 0. The molecule has 3 aliphatic rings. The molecule has 0 radical (unpaired) electrons. The lowest BCUT2D eigenvalue weighted by molar-refractivity contribution is -0.0356. The third-order valence-corrected chi connectivity index (χ3v) is 6.10. The Hall–Kier alpha value is -1.70. The molecule has 3 heterocycles. The smallest absolute Gasteiger partial charge is 0.319 e. The number of nitrogens with one attached hydrogen (secondary N) is 2. The van der Waals surface area contributed by atoms with E-state index in [2.05, 4.69) is 20.5 Å². The summed E-state index contributed by atoms with van der Waals surface area (Å²) in [5, 5.41) is 6.07. The standard InChI is InChI=1S/C20H30N4O3/c25-19(23-17-12-16-14-27-9-4-18(16)21-13-17)22-15-20(5-2-1-3-6-20)24-7-10-26-11-8-24/h12-13H,1-11,14-15H2,(H2,22,23,25). The predicted octanol–water partition coefficient (Wildman–Crippen LogP) is 2.31. The number of pyridine rings is 1. The number of amides is 2. The number of carbonyl (C=O) groups is 1. The van der Waals surface area contributed by atoms with Crippen LogP contribution in [0.4, 0.5) is 10.5 Å². The molecule has 0 spiro atoms. The minimum absolute atomic E-state index is 0.0707. The first kappa shape index (κ1) is 18.7. The number of anilines is 1. The molecule has 148 valence electrons. The van der Waals surface area contributed by atoms with Crippen molar-refractivity contribution in [2.45, 2.75) is 50.7 Å². The van der Waals surface area contributed by atoms with Gasteiger partial charge >= 0.3 is 6.03 Å². The summed E-state index contributed by atoms with van der Waals surface area (Å²) in [5.41, 5.74) is 2.93. The van der Waals surface area contributed by atoms with Crippen molar-refractivity contribution in [2.75, 3.05) is 44.8 Å². The molecule has 0 atom stereocenters. The summed E-state index contributed by atoms with van der Waals surface area (Å²) in [4.78, 5) is 19.5. The number of carbonyl (C=O) groups excluding carboxylic acids is 1. The van der Waals surface area contributed by atoms with Gasteiger partial charge in [-0.15, -0.1) is 0 Å². The van der Waals surface area contributed by atoms with Gasteiger partial charge in [-0.05, 0) is 18.9 Å². The van der Waals surface area contributed by atoms with Gasteiger partial charge in [0.05, 0.1) is 38.3 Å². The van der Waals surface area contributed by atoms with Crippen LogP contribution in [0.15, 0.2) is 12.3 Å². The van der Waals surface area contributed by atoms with Crippen LogP contribution in [0, 0.1) is 0 Å². The van der Waals surface area contributed by atoms with Crippen molar-refractivity contribution in [3.8, 4) is 0 Å². The van der Waals surface area contributed by atoms with Gasteiger partial charge in [-0.1, -0.05) is 19.3 Å². The summed E-state index contributed by atoms with van der Waals surface area (Å²) in [7, 11) is 0. The van der Waals surface area contributed by atoms with Crippen molar-refractivity contribution >= 4 is 11.7 Å². The Morgan fingerprint density at radius 2 is 1.96 bits per heavy atom. The van der Waals surface area contributed by atoms with E-state index in [0.717, 1.165) is 69.1 Å². The molecule has 0 aromatic carbocycles. The first-order valence-corrected chi connectivity index (χ1v) is 10.2. The van der Waals surface area contributed by atoms with Crippen molar-refractivity contribution in [3.05, 3.63) is 23.5 Å². The Morgan fingerprint density at radius 1 is 1.15 bits per heavy atom. The summed E-state index contributed by atoms with van der Waals surface area (Å²) < 4.78 is 11.0. The number of morpholine rings is 1. The Morgan fingerprint density at radius 3 is 2.78 bits per heavy atom. The zero-order valence-electron chi connectivity index (χ0n) is 16.0. The second kappa shape index (κ2) is 8.54. The lowest BCUT2D eigenvalue weighted by Gasteiger charge is -2.48.